The number of para-hydroxylation sites is 1. The second-order valence-corrected chi connectivity index (χ2v) is 4.66. The second-order valence-electron chi connectivity index (χ2n) is 4.66. The van der Waals surface area contributed by atoms with Gasteiger partial charge in [-0.1, -0.05) is 18.2 Å². The van der Waals surface area contributed by atoms with Crippen molar-refractivity contribution in [3.8, 4) is 0 Å². The van der Waals surface area contributed by atoms with Crippen LogP contribution in [-0.2, 0) is 4.79 Å². The van der Waals surface area contributed by atoms with Crippen LogP contribution in [0, 0.1) is 0 Å². The first-order chi connectivity index (χ1) is 8.09. The van der Waals surface area contributed by atoms with Crippen molar-refractivity contribution in [1.82, 2.24) is 4.90 Å². The SMILES string of the molecule is CN(C)C(=O)CN1CCC(N)c2ccccc21. The lowest BCUT2D eigenvalue weighted by atomic mass is 9.97. The summed E-state index contributed by atoms with van der Waals surface area (Å²) < 4.78 is 0. The molecule has 0 saturated carbocycles. The van der Waals surface area contributed by atoms with Gasteiger partial charge >= 0.3 is 0 Å². The molecule has 17 heavy (non-hydrogen) atoms. The number of nitrogens with two attached hydrogens (primary N) is 1. The Hall–Kier alpha value is -1.55. The summed E-state index contributed by atoms with van der Waals surface area (Å²) in [5, 5.41) is 0. The highest BCUT2D eigenvalue weighted by atomic mass is 16.2. The van der Waals surface area contributed by atoms with E-state index in [2.05, 4.69) is 4.90 Å². The molecular weight excluding hydrogens is 214 g/mol. The number of anilines is 1. The third kappa shape index (κ3) is 2.42. The molecular formula is C13H19N3O. The molecule has 1 aromatic rings. The number of hydrogen-bond acceptors (Lipinski definition) is 3. The van der Waals surface area contributed by atoms with Gasteiger partial charge in [-0.3, -0.25) is 4.79 Å². The highest BCUT2D eigenvalue weighted by Gasteiger charge is 2.23. The third-order valence-corrected chi connectivity index (χ3v) is 3.21. The molecule has 1 unspecified atom stereocenters. The van der Waals surface area contributed by atoms with Crippen LogP contribution in [0.3, 0.4) is 0 Å². The van der Waals surface area contributed by atoms with Gasteiger partial charge in [0.15, 0.2) is 0 Å². The minimum Gasteiger partial charge on any atom is -0.362 e. The molecule has 2 rings (SSSR count). The lowest BCUT2D eigenvalue weighted by molar-refractivity contribution is -0.127. The number of rotatable bonds is 2. The Kier molecular flexibility index (Phi) is 3.33. The van der Waals surface area contributed by atoms with E-state index in [1.807, 2.05) is 24.3 Å². The van der Waals surface area contributed by atoms with Crippen molar-refractivity contribution in [2.75, 3.05) is 32.1 Å². The van der Waals surface area contributed by atoms with Crippen molar-refractivity contribution in [1.29, 1.82) is 0 Å². The zero-order valence-corrected chi connectivity index (χ0v) is 10.4. The van der Waals surface area contributed by atoms with Gasteiger partial charge in [-0.2, -0.15) is 0 Å². The summed E-state index contributed by atoms with van der Waals surface area (Å²) in [7, 11) is 3.56. The Morgan fingerprint density at radius 2 is 2.18 bits per heavy atom. The van der Waals surface area contributed by atoms with Gasteiger partial charge in [-0.15, -0.1) is 0 Å². The summed E-state index contributed by atoms with van der Waals surface area (Å²) >= 11 is 0. The van der Waals surface area contributed by atoms with Crippen molar-refractivity contribution >= 4 is 11.6 Å². The molecule has 1 amide bonds. The maximum absolute atomic E-state index is 11.8. The first kappa shape index (κ1) is 11.9. The van der Waals surface area contributed by atoms with Crippen molar-refractivity contribution in [3.63, 3.8) is 0 Å². The Morgan fingerprint density at radius 1 is 1.47 bits per heavy atom. The van der Waals surface area contributed by atoms with Crippen molar-refractivity contribution < 1.29 is 4.79 Å². The van der Waals surface area contributed by atoms with E-state index in [4.69, 9.17) is 5.73 Å². The molecule has 1 aliphatic rings. The van der Waals surface area contributed by atoms with Gasteiger partial charge in [-0.25, -0.2) is 0 Å². The molecule has 1 aromatic carbocycles. The molecule has 0 spiro atoms. The second kappa shape index (κ2) is 4.75. The molecule has 4 heteroatoms. The quantitative estimate of drug-likeness (QED) is 0.828. The van der Waals surface area contributed by atoms with Crippen LogP contribution >= 0.6 is 0 Å². The molecule has 0 bridgehead atoms. The molecule has 0 aromatic heterocycles. The smallest absolute Gasteiger partial charge is 0.241 e. The fourth-order valence-corrected chi connectivity index (χ4v) is 2.13. The number of likely N-dealkylation sites (N-methyl/N-ethyl adjacent to an activating group) is 1. The first-order valence-corrected chi connectivity index (χ1v) is 5.89. The largest absolute Gasteiger partial charge is 0.362 e. The average Bonchev–Trinajstić information content (AvgIpc) is 2.33. The van der Waals surface area contributed by atoms with E-state index in [1.54, 1.807) is 19.0 Å². The van der Waals surface area contributed by atoms with Gasteiger partial charge in [0, 0.05) is 32.4 Å². The number of fused-ring (bicyclic) bond motifs is 1. The number of nitrogens with zero attached hydrogens (tertiary/aromatic N) is 2. The van der Waals surface area contributed by atoms with Gasteiger partial charge in [0.25, 0.3) is 0 Å². The summed E-state index contributed by atoms with van der Waals surface area (Å²) in [6.07, 6.45) is 0.901. The van der Waals surface area contributed by atoms with Crippen molar-refractivity contribution in [2.45, 2.75) is 12.5 Å². The number of hydrogen-bond donors (Lipinski definition) is 1. The van der Waals surface area contributed by atoms with E-state index in [-0.39, 0.29) is 11.9 Å². The average molecular weight is 233 g/mol. The maximum atomic E-state index is 11.8. The molecule has 0 saturated heterocycles. The standard InChI is InChI=1S/C13H19N3O/c1-15(2)13(17)9-16-8-7-11(14)10-5-3-4-6-12(10)16/h3-6,11H,7-9,14H2,1-2H3. The minimum atomic E-state index is 0.0944. The van der Waals surface area contributed by atoms with E-state index in [1.165, 1.54) is 0 Å². The van der Waals surface area contributed by atoms with Crippen LogP contribution in [0.2, 0.25) is 0 Å². The highest BCUT2D eigenvalue weighted by molar-refractivity contribution is 5.81. The van der Waals surface area contributed by atoms with E-state index >= 15 is 0 Å². The Bertz CT molecular complexity index is 417. The van der Waals surface area contributed by atoms with Gasteiger partial charge in [0.05, 0.1) is 6.54 Å². The van der Waals surface area contributed by atoms with Crippen LogP contribution < -0.4 is 10.6 Å². The van der Waals surface area contributed by atoms with Gasteiger partial charge in [0.2, 0.25) is 5.91 Å². The molecule has 1 heterocycles. The van der Waals surface area contributed by atoms with Crippen LogP contribution in [0.1, 0.15) is 18.0 Å². The predicted octanol–water partition coefficient (Wildman–Crippen LogP) is 0.985. The van der Waals surface area contributed by atoms with Crippen LogP contribution in [0.15, 0.2) is 24.3 Å². The van der Waals surface area contributed by atoms with E-state index in [0.29, 0.717) is 6.54 Å². The van der Waals surface area contributed by atoms with Crippen LogP contribution in [0.4, 0.5) is 5.69 Å². The Labute approximate surface area is 102 Å². The molecule has 4 nitrogen and oxygen atoms in total. The lowest BCUT2D eigenvalue weighted by Crippen LogP contribution is -2.41. The van der Waals surface area contributed by atoms with E-state index in [9.17, 15) is 4.79 Å². The van der Waals surface area contributed by atoms with Crippen LogP contribution in [0.25, 0.3) is 0 Å². The fraction of sp³-hybridized carbons (Fsp3) is 0.462. The summed E-state index contributed by atoms with van der Waals surface area (Å²) in [6, 6.07) is 8.17. The molecule has 0 fully saturated rings. The van der Waals surface area contributed by atoms with E-state index in [0.717, 1.165) is 24.2 Å². The van der Waals surface area contributed by atoms with Crippen molar-refractivity contribution in [2.24, 2.45) is 5.73 Å². The number of benzene rings is 1. The summed E-state index contributed by atoms with van der Waals surface area (Å²) in [5.74, 6) is 0.121. The molecule has 92 valence electrons. The van der Waals surface area contributed by atoms with Gasteiger partial charge in [0.1, 0.15) is 0 Å². The summed E-state index contributed by atoms with van der Waals surface area (Å²) in [4.78, 5) is 15.5. The predicted molar refractivity (Wildman–Crippen MR) is 68.9 cm³/mol. The third-order valence-electron chi connectivity index (χ3n) is 3.21. The summed E-state index contributed by atoms with van der Waals surface area (Å²) in [6.45, 7) is 1.27. The molecule has 2 N–H and O–H groups in total. The Balaban J connectivity index is 2.21. The fourth-order valence-electron chi connectivity index (χ4n) is 2.13. The number of carbonyl (C=O) groups is 1. The zero-order valence-electron chi connectivity index (χ0n) is 10.4. The van der Waals surface area contributed by atoms with E-state index < -0.39 is 0 Å². The maximum Gasteiger partial charge on any atom is 0.241 e. The minimum absolute atomic E-state index is 0.0944. The molecule has 1 aliphatic heterocycles. The lowest BCUT2D eigenvalue weighted by Gasteiger charge is -2.34. The van der Waals surface area contributed by atoms with Crippen LogP contribution in [0.5, 0.6) is 0 Å². The number of carbonyl (C=O) groups excluding carboxylic acids is 1. The van der Waals surface area contributed by atoms with Crippen molar-refractivity contribution in [3.05, 3.63) is 29.8 Å². The number of amides is 1. The van der Waals surface area contributed by atoms with Crippen LogP contribution in [-0.4, -0.2) is 38.0 Å². The molecule has 1 atom stereocenters. The topological polar surface area (TPSA) is 49.6 Å². The molecule has 0 radical (unpaired) electrons. The monoisotopic (exact) mass is 233 g/mol. The van der Waals surface area contributed by atoms with Gasteiger partial charge in [-0.05, 0) is 18.1 Å². The first-order valence-electron chi connectivity index (χ1n) is 5.89. The Morgan fingerprint density at radius 3 is 2.88 bits per heavy atom. The van der Waals surface area contributed by atoms with Gasteiger partial charge < -0.3 is 15.5 Å². The zero-order chi connectivity index (χ0) is 12.4. The normalized spacial score (nSPS) is 18.8. The summed E-state index contributed by atoms with van der Waals surface area (Å²) in [5.41, 5.74) is 8.32. The molecule has 0 aliphatic carbocycles. The highest BCUT2D eigenvalue weighted by Crippen LogP contribution is 2.31.